The minimum atomic E-state index is -3.31. The molecule has 5 nitrogen and oxygen atoms in total. The van der Waals surface area contributed by atoms with Gasteiger partial charge in [0, 0.05) is 34.6 Å². The highest BCUT2D eigenvalue weighted by molar-refractivity contribution is 7.91. The van der Waals surface area contributed by atoms with Crippen LogP contribution >= 0.6 is 11.6 Å². The van der Waals surface area contributed by atoms with E-state index in [0.717, 1.165) is 43.5 Å². The zero-order valence-corrected chi connectivity index (χ0v) is 21.7. The molecule has 0 bridgehead atoms. The van der Waals surface area contributed by atoms with Crippen LogP contribution in [0.5, 0.6) is 5.75 Å². The number of hydrogen-bond donors (Lipinski definition) is 1. The first-order valence-electron chi connectivity index (χ1n) is 12.7. The molecule has 3 aliphatic rings. The molecule has 3 heterocycles. The molecule has 2 aromatic carbocycles. The minimum absolute atomic E-state index is 0.0120. The molecule has 0 saturated carbocycles. The van der Waals surface area contributed by atoms with Crippen molar-refractivity contribution in [3.63, 3.8) is 0 Å². The summed E-state index contributed by atoms with van der Waals surface area (Å²) in [6.07, 6.45) is 3.74. The zero-order valence-electron chi connectivity index (χ0n) is 20.1. The molecule has 5 rings (SSSR count). The summed E-state index contributed by atoms with van der Waals surface area (Å²) in [6.45, 7) is 1.31. The molecule has 1 N–H and O–H groups in total. The largest absolute Gasteiger partial charge is 0.490 e. The number of fused-ring (bicyclic) bond motifs is 3. The van der Waals surface area contributed by atoms with Crippen LogP contribution in [0, 0.1) is 17.6 Å². The molecule has 0 aromatic heterocycles. The number of ether oxygens (including phenoxy) is 2. The third-order valence-corrected chi connectivity index (χ3v) is 10.0. The Morgan fingerprint density at radius 1 is 1.08 bits per heavy atom. The molecule has 0 unspecified atom stereocenters. The number of halogens is 3. The molecule has 36 heavy (non-hydrogen) atoms. The van der Waals surface area contributed by atoms with Gasteiger partial charge in [0.25, 0.3) is 0 Å². The molecule has 3 aliphatic heterocycles. The van der Waals surface area contributed by atoms with Crippen molar-refractivity contribution in [2.24, 2.45) is 5.92 Å². The second-order valence-electron chi connectivity index (χ2n) is 10.3. The van der Waals surface area contributed by atoms with E-state index in [-0.39, 0.29) is 47.8 Å². The Morgan fingerprint density at radius 2 is 1.86 bits per heavy atom. The number of rotatable bonds is 7. The second-order valence-corrected chi connectivity index (χ2v) is 13.0. The summed E-state index contributed by atoms with van der Waals surface area (Å²) < 4.78 is 68.0. The Labute approximate surface area is 216 Å². The van der Waals surface area contributed by atoms with Crippen LogP contribution in [0.1, 0.15) is 43.2 Å². The maximum absolute atomic E-state index is 15.4. The third kappa shape index (κ3) is 5.28. The topological polar surface area (TPSA) is 64.6 Å². The standard InChI is InChI=1S/C27H32ClF2NO4S/c28-19-6-4-18(5-7-19)15-27-11-13-34-24(10-14-36(32,33)17-20-3-1-2-12-31-20)21(27)16-35-26-23(30)9-8-22(29)25(26)27/h4-9,20-21,24,31H,1-3,10-17H2/t20-,21+,24+,27+/m1/s1. The van der Waals surface area contributed by atoms with Gasteiger partial charge in [0.15, 0.2) is 21.4 Å². The van der Waals surface area contributed by atoms with E-state index < -0.39 is 33.0 Å². The van der Waals surface area contributed by atoms with Crippen molar-refractivity contribution in [1.82, 2.24) is 5.32 Å². The molecule has 196 valence electrons. The van der Waals surface area contributed by atoms with Gasteiger partial charge < -0.3 is 14.8 Å². The minimum Gasteiger partial charge on any atom is -0.490 e. The number of sulfone groups is 1. The van der Waals surface area contributed by atoms with Gasteiger partial charge in [-0.3, -0.25) is 0 Å². The number of piperidine rings is 1. The van der Waals surface area contributed by atoms with E-state index in [1.54, 1.807) is 12.1 Å². The van der Waals surface area contributed by atoms with E-state index in [2.05, 4.69) is 5.32 Å². The highest BCUT2D eigenvalue weighted by Crippen LogP contribution is 2.52. The summed E-state index contributed by atoms with van der Waals surface area (Å²) in [5, 5.41) is 3.90. The Kier molecular flexibility index (Phi) is 7.59. The zero-order chi connectivity index (χ0) is 25.3. The third-order valence-electron chi connectivity index (χ3n) is 8.02. The van der Waals surface area contributed by atoms with Crippen LogP contribution in [0.15, 0.2) is 36.4 Å². The normalized spacial score (nSPS) is 28.1. The molecule has 0 spiro atoms. The van der Waals surface area contributed by atoms with E-state index in [9.17, 15) is 12.8 Å². The summed E-state index contributed by atoms with van der Waals surface area (Å²) in [7, 11) is -3.31. The van der Waals surface area contributed by atoms with Crippen molar-refractivity contribution in [1.29, 1.82) is 0 Å². The molecule has 0 aliphatic carbocycles. The molecule has 2 aromatic rings. The Balaban J connectivity index is 1.43. The maximum Gasteiger partial charge on any atom is 0.165 e. The summed E-state index contributed by atoms with van der Waals surface area (Å²) in [5.41, 5.74) is 0.388. The van der Waals surface area contributed by atoms with Crippen molar-refractivity contribution in [3.05, 3.63) is 64.2 Å². The van der Waals surface area contributed by atoms with E-state index in [4.69, 9.17) is 21.1 Å². The summed E-state index contributed by atoms with van der Waals surface area (Å²) in [6, 6.07) is 9.59. The van der Waals surface area contributed by atoms with Gasteiger partial charge in [-0.2, -0.15) is 0 Å². The first-order valence-corrected chi connectivity index (χ1v) is 14.9. The monoisotopic (exact) mass is 539 g/mol. The molecule has 2 saturated heterocycles. The van der Waals surface area contributed by atoms with Gasteiger partial charge in [0.1, 0.15) is 5.82 Å². The van der Waals surface area contributed by atoms with Crippen molar-refractivity contribution in [2.75, 3.05) is 31.3 Å². The lowest BCUT2D eigenvalue weighted by Crippen LogP contribution is -2.55. The van der Waals surface area contributed by atoms with E-state index in [0.29, 0.717) is 24.5 Å². The van der Waals surface area contributed by atoms with Gasteiger partial charge >= 0.3 is 0 Å². The van der Waals surface area contributed by atoms with E-state index in [1.165, 1.54) is 0 Å². The van der Waals surface area contributed by atoms with Crippen molar-refractivity contribution >= 4 is 21.4 Å². The fourth-order valence-corrected chi connectivity index (χ4v) is 8.03. The molecule has 2 fully saturated rings. The quantitative estimate of drug-likeness (QED) is 0.545. The van der Waals surface area contributed by atoms with Crippen molar-refractivity contribution in [3.8, 4) is 5.75 Å². The highest BCUT2D eigenvalue weighted by Gasteiger charge is 2.53. The summed E-state index contributed by atoms with van der Waals surface area (Å²) >= 11 is 6.08. The van der Waals surface area contributed by atoms with Crippen molar-refractivity contribution < 1.29 is 26.7 Å². The Bertz CT molecular complexity index is 1190. The molecule has 9 heteroatoms. The molecular formula is C27H32ClF2NO4S. The fourth-order valence-electron chi connectivity index (χ4n) is 6.25. The van der Waals surface area contributed by atoms with Gasteiger partial charge in [-0.05, 0) is 68.5 Å². The summed E-state index contributed by atoms with van der Waals surface area (Å²) in [5.74, 6) is -1.38. The van der Waals surface area contributed by atoms with Gasteiger partial charge in [0.05, 0.1) is 24.2 Å². The van der Waals surface area contributed by atoms with E-state index in [1.807, 2.05) is 12.1 Å². The SMILES string of the molecule is O=S(=O)(CC[C@@H]1OCC[C@@]2(Cc3ccc(Cl)cc3)c3c(F)ccc(F)c3OC[C@@H]12)C[C@H]1CCCCN1. The lowest BCUT2D eigenvalue weighted by molar-refractivity contribution is -0.0963. The second kappa shape index (κ2) is 10.6. The van der Waals surface area contributed by atoms with Crippen LogP contribution < -0.4 is 10.1 Å². The number of benzene rings is 2. The average molecular weight is 540 g/mol. The first-order chi connectivity index (χ1) is 17.3. The fraction of sp³-hybridized carbons (Fsp3) is 0.556. The maximum atomic E-state index is 15.4. The predicted molar refractivity (Wildman–Crippen MR) is 135 cm³/mol. The van der Waals surface area contributed by atoms with Crippen molar-refractivity contribution in [2.45, 2.75) is 56.1 Å². The average Bonchev–Trinajstić information content (AvgIpc) is 2.86. The van der Waals surface area contributed by atoms with Gasteiger partial charge in [0.2, 0.25) is 0 Å². The summed E-state index contributed by atoms with van der Waals surface area (Å²) in [4.78, 5) is 0. The van der Waals surface area contributed by atoms with Crippen LogP contribution in [0.4, 0.5) is 8.78 Å². The van der Waals surface area contributed by atoms with Crippen LogP contribution in [0.2, 0.25) is 5.02 Å². The van der Waals surface area contributed by atoms with Crippen LogP contribution in [0.25, 0.3) is 0 Å². The molecule has 0 radical (unpaired) electrons. The molecule has 4 atom stereocenters. The lowest BCUT2D eigenvalue weighted by Gasteiger charge is -2.51. The number of nitrogens with one attached hydrogen (secondary N) is 1. The molecular weight excluding hydrogens is 508 g/mol. The number of hydrogen-bond acceptors (Lipinski definition) is 5. The Hall–Kier alpha value is -1.74. The smallest absolute Gasteiger partial charge is 0.165 e. The van der Waals surface area contributed by atoms with Crippen LogP contribution in [0.3, 0.4) is 0 Å². The predicted octanol–water partition coefficient (Wildman–Crippen LogP) is 4.84. The Morgan fingerprint density at radius 3 is 2.61 bits per heavy atom. The van der Waals surface area contributed by atoms with Gasteiger partial charge in [-0.25, -0.2) is 17.2 Å². The first kappa shape index (κ1) is 25.9. The lowest BCUT2D eigenvalue weighted by atomic mass is 9.60. The van der Waals surface area contributed by atoms with E-state index >= 15 is 4.39 Å². The van der Waals surface area contributed by atoms with Gasteiger partial charge in [-0.15, -0.1) is 0 Å². The van der Waals surface area contributed by atoms with Gasteiger partial charge in [-0.1, -0.05) is 30.2 Å². The molecule has 0 amide bonds. The van der Waals surface area contributed by atoms with Crippen LogP contribution in [-0.4, -0.2) is 51.8 Å². The highest BCUT2D eigenvalue weighted by atomic mass is 35.5. The van der Waals surface area contributed by atoms with Crippen LogP contribution in [-0.2, 0) is 26.4 Å².